The van der Waals surface area contributed by atoms with Gasteiger partial charge in [0, 0.05) is 63.4 Å². The van der Waals surface area contributed by atoms with Gasteiger partial charge in [-0.25, -0.2) is 9.97 Å². The summed E-state index contributed by atoms with van der Waals surface area (Å²) < 4.78 is 0. The van der Waals surface area contributed by atoms with Gasteiger partial charge in [0.25, 0.3) is 0 Å². The van der Waals surface area contributed by atoms with Gasteiger partial charge in [0.05, 0.1) is 22.4 Å². The predicted octanol–water partition coefficient (Wildman–Crippen LogP) is 11.0. The first-order chi connectivity index (χ1) is 23.7. The topological polar surface area (TPSA) is 51.0 Å². The van der Waals surface area contributed by atoms with E-state index in [4.69, 9.17) is 9.97 Å². The lowest BCUT2D eigenvalue weighted by molar-refractivity contribution is 1.01. The summed E-state index contributed by atoms with van der Waals surface area (Å²) in [6.45, 7) is 5.39. The summed E-state index contributed by atoms with van der Waals surface area (Å²) in [6.07, 6.45) is 8.98. The van der Waals surface area contributed by atoms with Gasteiger partial charge in [-0.05, 0) is 89.2 Å². The standard InChI is InChI=1S/C44H32N4/c1-27-39-35-17-3-5-19-37(35)48-44(32-14-8-12-30(24-32)34-16-10-22-46-26-34)42(39)28(2)40-36-18-4-6-20-38(36)47-43(41(27)40)31-13-7-11-29(23-31)33-15-9-21-45-25-33/h3-9,11-21,23-26H,10,22H2,1-2H3. The van der Waals surface area contributed by atoms with Gasteiger partial charge in [0.2, 0.25) is 0 Å². The molecule has 0 bridgehead atoms. The van der Waals surface area contributed by atoms with Gasteiger partial charge in [-0.1, -0.05) is 84.9 Å². The van der Waals surface area contributed by atoms with Gasteiger partial charge in [0.1, 0.15) is 0 Å². The first-order valence-electron chi connectivity index (χ1n) is 16.5. The summed E-state index contributed by atoms with van der Waals surface area (Å²) in [5.41, 5.74) is 13.1. The van der Waals surface area contributed by atoms with Gasteiger partial charge in [-0.15, -0.1) is 0 Å². The maximum atomic E-state index is 5.40. The molecule has 4 nitrogen and oxygen atoms in total. The van der Waals surface area contributed by atoms with Gasteiger partial charge in [-0.2, -0.15) is 0 Å². The van der Waals surface area contributed by atoms with Gasteiger partial charge >= 0.3 is 0 Å². The Bertz CT molecular complexity index is 2630. The van der Waals surface area contributed by atoms with Crippen LogP contribution in [0.5, 0.6) is 0 Å². The molecule has 9 rings (SSSR count). The Morgan fingerprint density at radius 3 is 1.67 bits per heavy atom. The summed E-state index contributed by atoms with van der Waals surface area (Å²) in [5, 5.41) is 7.13. The number of aromatic nitrogens is 3. The molecule has 0 aliphatic carbocycles. The summed E-state index contributed by atoms with van der Waals surface area (Å²) in [5.74, 6) is 0. The molecule has 3 aromatic heterocycles. The number of nitrogens with zero attached hydrogens (tertiary/aromatic N) is 4. The lowest BCUT2D eigenvalue weighted by Crippen LogP contribution is -2.00. The average Bonchev–Trinajstić information content (AvgIpc) is 3.16. The van der Waals surface area contributed by atoms with E-state index in [1.54, 1.807) is 0 Å². The molecule has 1 aliphatic heterocycles. The molecular weight excluding hydrogens is 585 g/mol. The molecule has 4 heterocycles. The van der Waals surface area contributed by atoms with Crippen LogP contribution in [0.1, 0.15) is 23.1 Å². The first-order valence-corrected chi connectivity index (χ1v) is 16.5. The summed E-state index contributed by atoms with van der Waals surface area (Å²) in [7, 11) is 0. The van der Waals surface area contributed by atoms with Crippen molar-refractivity contribution in [2.45, 2.75) is 20.3 Å². The highest BCUT2D eigenvalue weighted by molar-refractivity contribution is 6.25. The molecule has 0 radical (unpaired) electrons. The highest BCUT2D eigenvalue weighted by Gasteiger charge is 2.23. The molecule has 0 N–H and O–H groups in total. The molecule has 8 aromatic rings. The van der Waals surface area contributed by atoms with Crippen molar-refractivity contribution in [3.05, 3.63) is 144 Å². The van der Waals surface area contributed by atoms with Crippen LogP contribution in [0, 0.1) is 13.8 Å². The fourth-order valence-corrected chi connectivity index (χ4v) is 7.53. The van der Waals surface area contributed by atoms with Crippen LogP contribution in [-0.4, -0.2) is 27.7 Å². The molecule has 0 unspecified atom stereocenters. The number of fused-ring (bicyclic) bond motifs is 6. The van der Waals surface area contributed by atoms with Crippen LogP contribution >= 0.6 is 0 Å². The van der Waals surface area contributed by atoms with Crippen LogP contribution in [0.15, 0.2) is 133 Å². The average molecular weight is 617 g/mol. The summed E-state index contributed by atoms with van der Waals surface area (Å²) in [6, 6.07) is 38.7. The van der Waals surface area contributed by atoms with E-state index in [9.17, 15) is 0 Å². The Morgan fingerprint density at radius 1 is 0.521 bits per heavy atom. The van der Waals surface area contributed by atoms with Crippen molar-refractivity contribution in [1.82, 2.24) is 15.0 Å². The van der Waals surface area contributed by atoms with Crippen molar-refractivity contribution < 1.29 is 0 Å². The number of benzene rings is 5. The highest BCUT2D eigenvalue weighted by Crippen LogP contribution is 2.45. The third-order valence-electron chi connectivity index (χ3n) is 9.74. The van der Waals surface area contributed by atoms with Gasteiger partial charge in [0.15, 0.2) is 0 Å². The van der Waals surface area contributed by atoms with Crippen molar-refractivity contribution in [2.75, 3.05) is 6.54 Å². The number of hydrogen-bond donors (Lipinski definition) is 0. The second kappa shape index (κ2) is 11.4. The van der Waals surface area contributed by atoms with E-state index in [0.717, 1.165) is 68.4 Å². The lowest BCUT2D eigenvalue weighted by Gasteiger charge is -2.21. The Kier molecular flexibility index (Phi) is 6.68. The smallest absolute Gasteiger partial charge is 0.0791 e. The fourth-order valence-electron chi connectivity index (χ4n) is 7.53. The second-order valence-electron chi connectivity index (χ2n) is 12.6. The lowest BCUT2D eigenvalue weighted by atomic mass is 9.85. The molecule has 0 saturated carbocycles. The van der Waals surface area contributed by atoms with E-state index in [-0.39, 0.29) is 0 Å². The van der Waals surface area contributed by atoms with Crippen LogP contribution in [0.2, 0.25) is 0 Å². The molecule has 1 aliphatic rings. The molecule has 4 heteroatoms. The van der Waals surface area contributed by atoms with Crippen molar-refractivity contribution in [1.29, 1.82) is 0 Å². The third kappa shape index (κ3) is 4.52. The Hall–Kier alpha value is -6.00. The number of rotatable bonds is 4. The van der Waals surface area contributed by atoms with E-state index in [2.05, 4.69) is 133 Å². The molecule has 0 atom stereocenters. The SMILES string of the molecule is Cc1c2c(-c3cccc(-c4cccnc4)c3)nc3ccccc3c2c(C)c2c(-c3cccc(C4=CCCN=C4)c3)nc3ccccc3c12. The Balaban J connectivity index is 1.41. The molecular formula is C44H32N4. The van der Waals surface area contributed by atoms with Crippen LogP contribution in [0.3, 0.4) is 0 Å². The fraction of sp³-hybridized carbons (Fsp3) is 0.0909. The molecule has 0 saturated heterocycles. The van der Waals surface area contributed by atoms with E-state index in [1.807, 2.05) is 24.7 Å². The Morgan fingerprint density at radius 2 is 1.08 bits per heavy atom. The zero-order valence-electron chi connectivity index (χ0n) is 26.9. The number of aryl methyl sites for hydroxylation is 2. The number of para-hydroxylation sites is 2. The molecule has 5 aromatic carbocycles. The van der Waals surface area contributed by atoms with Gasteiger partial charge < -0.3 is 0 Å². The molecule has 0 spiro atoms. The van der Waals surface area contributed by atoms with Crippen LogP contribution < -0.4 is 0 Å². The molecule has 228 valence electrons. The maximum Gasteiger partial charge on any atom is 0.0791 e. The van der Waals surface area contributed by atoms with Crippen molar-refractivity contribution in [3.8, 4) is 33.6 Å². The monoisotopic (exact) mass is 616 g/mol. The van der Waals surface area contributed by atoms with Gasteiger partial charge in [-0.3, -0.25) is 9.98 Å². The third-order valence-corrected chi connectivity index (χ3v) is 9.74. The molecule has 48 heavy (non-hydrogen) atoms. The minimum Gasteiger partial charge on any atom is -0.292 e. The van der Waals surface area contributed by atoms with E-state index in [1.165, 1.54) is 43.8 Å². The predicted molar refractivity (Wildman–Crippen MR) is 202 cm³/mol. The molecule has 0 amide bonds. The maximum absolute atomic E-state index is 5.40. The first kappa shape index (κ1) is 28.2. The summed E-state index contributed by atoms with van der Waals surface area (Å²) >= 11 is 0. The van der Waals surface area contributed by atoms with Crippen LogP contribution in [0.4, 0.5) is 0 Å². The second-order valence-corrected chi connectivity index (χ2v) is 12.6. The zero-order chi connectivity index (χ0) is 32.2. The van der Waals surface area contributed by atoms with E-state index >= 15 is 0 Å². The number of allylic oxidation sites excluding steroid dienone is 1. The minimum absolute atomic E-state index is 0.851. The van der Waals surface area contributed by atoms with Crippen LogP contribution in [0.25, 0.3) is 82.6 Å². The quantitative estimate of drug-likeness (QED) is 0.146. The van der Waals surface area contributed by atoms with E-state index in [0.29, 0.717) is 0 Å². The number of pyridine rings is 3. The normalized spacial score (nSPS) is 13.1. The van der Waals surface area contributed by atoms with Crippen molar-refractivity contribution in [3.63, 3.8) is 0 Å². The zero-order valence-corrected chi connectivity index (χ0v) is 26.9. The molecule has 0 fully saturated rings. The van der Waals surface area contributed by atoms with Crippen molar-refractivity contribution in [2.24, 2.45) is 4.99 Å². The number of hydrogen-bond acceptors (Lipinski definition) is 4. The van der Waals surface area contributed by atoms with Crippen LogP contribution in [-0.2, 0) is 0 Å². The highest BCUT2D eigenvalue weighted by atomic mass is 14.7. The summed E-state index contributed by atoms with van der Waals surface area (Å²) in [4.78, 5) is 19.7. The minimum atomic E-state index is 0.851. The van der Waals surface area contributed by atoms with E-state index < -0.39 is 0 Å². The number of dihydropyridines is 1. The number of aliphatic imine (C=N–C) groups is 1. The van der Waals surface area contributed by atoms with Crippen molar-refractivity contribution >= 4 is 55.1 Å². The Labute approximate surface area is 279 Å². The largest absolute Gasteiger partial charge is 0.292 e.